The Labute approximate surface area is 66.5 Å². The van der Waals surface area contributed by atoms with Crippen LogP contribution in [0.25, 0.3) is 0 Å². The summed E-state index contributed by atoms with van der Waals surface area (Å²) in [5, 5.41) is 0. The van der Waals surface area contributed by atoms with Gasteiger partial charge in [-0.3, -0.25) is 4.79 Å². The van der Waals surface area contributed by atoms with Crippen molar-refractivity contribution in [3.05, 3.63) is 24.3 Å². The SMILES string of the molecule is C/C=C/C=C/C(=O)C1(C)CO1. The van der Waals surface area contributed by atoms with E-state index in [1.165, 1.54) is 0 Å². The fourth-order valence-electron chi connectivity index (χ4n) is 0.681. The van der Waals surface area contributed by atoms with Crippen LogP contribution in [0.1, 0.15) is 13.8 Å². The Morgan fingerprint density at radius 1 is 1.55 bits per heavy atom. The molecule has 1 aliphatic rings. The highest BCUT2D eigenvalue weighted by Gasteiger charge is 2.45. The average molecular weight is 152 g/mol. The van der Waals surface area contributed by atoms with Gasteiger partial charge in [-0.1, -0.05) is 18.2 Å². The lowest BCUT2D eigenvalue weighted by Crippen LogP contribution is -2.17. The third-order valence-corrected chi connectivity index (χ3v) is 1.65. The number of rotatable bonds is 3. The first-order valence-corrected chi connectivity index (χ1v) is 3.67. The van der Waals surface area contributed by atoms with E-state index in [2.05, 4.69) is 0 Å². The van der Waals surface area contributed by atoms with Crippen molar-refractivity contribution in [3.63, 3.8) is 0 Å². The lowest BCUT2D eigenvalue weighted by Gasteiger charge is -1.95. The van der Waals surface area contributed by atoms with E-state index in [0.717, 1.165) is 0 Å². The number of hydrogen-bond donors (Lipinski definition) is 0. The van der Waals surface area contributed by atoms with Gasteiger partial charge < -0.3 is 4.74 Å². The van der Waals surface area contributed by atoms with Crippen molar-refractivity contribution < 1.29 is 9.53 Å². The molecule has 11 heavy (non-hydrogen) atoms. The minimum absolute atomic E-state index is 0.0515. The number of hydrogen-bond acceptors (Lipinski definition) is 2. The van der Waals surface area contributed by atoms with Gasteiger partial charge in [-0.15, -0.1) is 0 Å². The number of ether oxygens (including phenoxy) is 1. The van der Waals surface area contributed by atoms with Crippen LogP contribution in [0.2, 0.25) is 0 Å². The molecule has 2 nitrogen and oxygen atoms in total. The Bertz CT molecular complexity index is 210. The molecule has 0 aromatic heterocycles. The van der Waals surface area contributed by atoms with Crippen LogP contribution in [0, 0.1) is 0 Å². The fourth-order valence-corrected chi connectivity index (χ4v) is 0.681. The van der Waals surface area contributed by atoms with Gasteiger partial charge in [0.1, 0.15) is 0 Å². The van der Waals surface area contributed by atoms with E-state index in [9.17, 15) is 4.79 Å². The van der Waals surface area contributed by atoms with Crippen molar-refractivity contribution >= 4 is 5.78 Å². The molecule has 1 aliphatic heterocycles. The van der Waals surface area contributed by atoms with Crippen molar-refractivity contribution in [1.29, 1.82) is 0 Å². The Hall–Kier alpha value is -0.890. The molecule has 2 heteroatoms. The number of carbonyl (C=O) groups excluding carboxylic acids is 1. The van der Waals surface area contributed by atoms with E-state index in [-0.39, 0.29) is 5.78 Å². The predicted octanol–water partition coefficient (Wildman–Crippen LogP) is 1.48. The van der Waals surface area contributed by atoms with Crippen molar-refractivity contribution in [2.75, 3.05) is 6.61 Å². The van der Waals surface area contributed by atoms with Crippen LogP contribution in [-0.2, 0) is 9.53 Å². The highest BCUT2D eigenvalue weighted by molar-refractivity contribution is 5.98. The van der Waals surface area contributed by atoms with Crippen LogP contribution < -0.4 is 0 Å². The Morgan fingerprint density at radius 2 is 2.18 bits per heavy atom. The first-order chi connectivity index (χ1) is 5.19. The highest BCUT2D eigenvalue weighted by Crippen LogP contribution is 2.27. The van der Waals surface area contributed by atoms with Crippen LogP contribution in [0.5, 0.6) is 0 Å². The van der Waals surface area contributed by atoms with E-state index in [0.29, 0.717) is 6.61 Å². The quantitative estimate of drug-likeness (QED) is 0.348. The summed E-state index contributed by atoms with van der Waals surface area (Å²) in [6.07, 6.45) is 6.98. The van der Waals surface area contributed by atoms with Gasteiger partial charge in [-0.05, 0) is 19.9 Å². The van der Waals surface area contributed by atoms with E-state index in [1.807, 2.05) is 19.1 Å². The average Bonchev–Trinajstić information content (AvgIpc) is 2.70. The minimum atomic E-state index is -0.502. The smallest absolute Gasteiger partial charge is 0.189 e. The van der Waals surface area contributed by atoms with Crippen molar-refractivity contribution in [2.24, 2.45) is 0 Å². The molecule has 1 fully saturated rings. The third kappa shape index (κ3) is 2.02. The summed E-state index contributed by atoms with van der Waals surface area (Å²) in [5.74, 6) is 0.0515. The molecule has 1 unspecified atom stereocenters. The third-order valence-electron chi connectivity index (χ3n) is 1.65. The monoisotopic (exact) mass is 152 g/mol. The van der Waals surface area contributed by atoms with Gasteiger partial charge in [0.15, 0.2) is 11.4 Å². The zero-order valence-electron chi connectivity index (χ0n) is 6.83. The van der Waals surface area contributed by atoms with Gasteiger partial charge in [0, 0.05) is 0 Å². The zero-order chi connectivity index (χ0) is 8.32. The van der Waals surface area contributed by atoms with Gasteiger partial charge in [0.25, 0.3) is 0 Å². The Kier molecular flexibility index (Phi) is 2.25. The summed E-state index contributed by atoms with van der Waals surface area (Å²) in [7, 11) is 0. The molecular weight excluding hydrogens is 140 g/mol. The van der Waals surface area contributed by atoms with Crippen LogP contribution in [0.4, 0.5) is 0 Å². The first kappa shape index (κ1) is 8.21. The maximum atomic E-state index is 11.2. The molecule has 1 saturated heterocycles. The standard InChI is InChI=1S/C9H12O2/c1-3-4-5-6-8(10)9(2)7-11-9/h3-6H,7H2,1-2H3/b4-3+,6-5+. The summed E-state index contributed by atoms with van der Waals surface area (Å²) in [4.78, 5) is 11.2. The van der Waals surface area contributed by atoms with Gasteiger partial charge in [0.05, 0.1) is 6.61 Å². The molecule has 0 spiro atoms. The maximum Gasteiger partial charge on any atom is 0.189 e. The van der Waals surface area contributed by atoms with Gasteiger partial charge >= 0.3 is 0 Å². The number of allylic oxidation sites excluding steroid dienone is 3. The van der Waals surface area contributed by atoms with Crippen LogP contribution in [0.15, 0.2) is 24.3 Å². The molecular formula is C9H12O2. The summed E-state index contributed by atoms with van der Waals surface area (Å²) < 4.78 is 4.96. The van der Waals surface area contributed by atoms with Crippen LogP contribution in [-0.4, -0.2) is 18.0 Å². The summed E-state index contributed by atoms with van der Waals surface area (Å²) >= 11 is 0. The maximum absolute atomic E-state index is 11.2. The Morgan fingerprint density at radius 3 is 2.64 bits per heavy atom. The van der Waals surface area contributed by atoms with Crippen molar-refractivity contribution in [2.45, 2.75) is 19.4 Å². The molecule has 0 bridgehead atoms. The molecule has 1 atom stereocenters. The first-order valence-electron chi connectivity index (χ1n) is 3.67. The van der Waals surface area contributed by atoms with E-state index >= 15 is 0 Å². The molecule has 0 amide bonds. The highest BCUT2D eigenvalue weighted by atomic mass is 16.6. The van der Waals surface area contributed by atoms with Gasteiger partial charge in [-0.25, -0.2) is 0 Å². The molecule has 0 saturated carbocycles. The summed E-state index contributed by atoms with van der Waals surface area (Å²) in [6.45, 7) is 4.27. The molecule has 0 aromatic rings. The van der Waals surface area contributed by atoms with E-state index in [1.54, 1.807) is 19.1 Å². The molecule has 1 heterocycles. The summed E-state index contributed by atoms with van der Waals surface area (Å²) in [5.41, 5.74) is -0.502. The largest absolute Gasteiger partial charge is 0.361 e. The second-order valence-electron chi connectivity index (χ2n) is 2.77. The zero-order valence-corrected chi connectivity index (χ0v) is 6.83. The van der Waals surface area contributed by atoms with Gasteiger partial charge in [0.2, 0.25) is 0 Å². The van der Waals surface area contributed by atoms with Crippen molar-refractivity contribution in [1.82, 2.24) is 0 Å². The second kappa shape index (κ2) is 3.01. The van der Waals surface area contributed by atoms with Crippen LogP contribution >= 0.6 is 0 Å². The van der Waals surface area contributed by atoms with Crippen LogP contribution in [0.3, 0.4) is 0 Å². The molecule has 0 N–H and O–H groups in total. The molecule has 0 aromatic carbocycles. The molecule has 60 valence electrons. The number of ketones is 1. The second-order valence-corrected chi connectivity index (χ2v) is 2.77. The predicted molar refractivity (Wildman–Crippen MR) is 43.3 cm³/mol. The lowest BCUT2D eigenvalue weighted by atomic mass is 10.1. The minimum Gasteiger partial charge on any atom is -0.361 e. The summed E-state index contributed by atoms with van der Waals surface area (Å²) in [6, 6.07) is 0. The number of epoxide rings is 1. The normalized spacial score (nSPS) is 30.0. The lowest BCUT2D eigenvalue weighted by molar-refractivity contribution is -0.118. The number of carbonyl (C=O) groups is 1. The molecule has 1 rings (SSSR count). The van der Waals surface area contributed by atoms with Gasteiger partial charge in [-0.2, -0.15) is 0 Å². The van der Waals surface area contributed by atoms with E-state index < -0.39 is 5.60 Å². The van der Waals surface area contributed by atoms with Crippen molar-refractivity contribution in [3.8, 4) is 0 Å². The molecule has 0 radical (unpaired) electrons. The topological polar surface area (TPSA) is 29.6 Å². The Balaban J connectivity index is 2.43. The fraction of sp³-hybridized carbons (Fsp3) is 0.444. The van der Waals surface area contributed by atoms with E-state index in [4.69, 9.17) is 4.74 Å². The molecule has 0 aliphatic carbocycles.